The molecular formula is C25H34O3S. The van der Waals surface area contributed by atoms with Crippen LogP contribution in [0.15, 0.2) is 47.9 Å². The van der Waals surface area contributed by atoms with Gasteiger partial charge in [0.05, 0.1) is 18.8 Å². The molecule has 0 spiro atoms. The SMILES string of the molecule is CC/C(=C\C=C\C(O)(CC)CC)c1cc(CCc2ccc(CO)c(CO)c2)cs1. The molecule has 3 nitrogen and oxygen atoms in total. The van der Waals surface area contributed by atoms with E-state index >= 15 is 0 Å². The fourth-order valence-electron chi connectivity index (χ4n) is 3.30. The van der Waals surface area contributed by atoms with E-state index in [1.807, 2.05) is 44.2 Å². The smallest absolute Gasteiger partial charge is 0.0825 e. The van der Waals surface area contributed by atoms with E-state index in [1.165, 1.54) is 21.6 Å². The predicted molar refractivity (Wildman–Crippen MR) is 123 cm³/mol. The fourth-order valence-corrected chi connectivity index (χ4v) is 4.35. The van der Waals surface area contributed by atoms with Gasteiger partial charge in [0, 0.05) is 4.88 Å². The third-order valence-electron chi connectivity index (χ3n) is 5.59. The maximum absolute atomic E-state index is 10.4. The van der Waals surface area contributed by atoms with Gasteiger partial charge < -0.3 is 15.3 Å². The fraction of sp³-hybridized carbons (Fsp3) is 0.440. The second kappa shape index (κ2) is 11.5. The first-order valence-corrected chi connectivity index (χ1v) is 11.4. The Labute approximate surface area is 179 Å². The van der Waals surface area contributed by atoms with Crippen LogP contribution in [0.3, 0.4) is 0 Å². The van der Waals surface area contributed by atoms with Crippen LogP contribution < -0.4 is 0 Å². The van der Waals surface area contributed by atoms with E-state index in [9.17, 15) is 15.3 Å². The average molecular weight is 415 g/mol. The van der Waals surface area contributed by atoms with Gasteiger partial charge in [0.2, 0.25) is 0 Å². The first kappa shape index (κ1) is 23.6. The summed E-state index contributed by atoms with van der Waals surface area (Å²) in [4.78, 5) is 1.27. The largest absolute Gasteiger partial charge is 0.392 e. The van der Waals surface area contributed by atoms with Crippen molar-refractivity contribution in [3.8, 4) is 0 Å². The molecule has 1 aromatic carbocycles. The quantitative estimate of drug-likeness (QED) is 0.430. The number of hydrogen-bond donors (Lipinski definition) is 3. The number of allylic oxidation sites excluding steroid dienone is 3. The lowest BCUT2D eigenvalue weighted by Gasteiger charge is -2.19. The molecule has 1 aromatic heterocycles. The molecule has 2 aromatic rings. The van der Waals surface area contributed by atoms with Crippen molar-refractivity contribution in [3.05, 3.63) is 75.0 Å². The van der Waals surface area contributed by atoms with Gasteiger partial charge in [0.25, 0.3) is 0 Å². The minimum Gasteiger partial charge on any atom is -0.392 e. The number of aliphatic hydroxyl groups is 3. The lowest BCUT2D eigenvalue weighted by Crippen LogP contribution is -2.22. The molecule has 1 heterocycles. The molecule has 0 unspecified atom stereocenters. The summed E-state index contributed by atoms with van der Waals surface area (Å²) in [6.07, 6.45) is 10.2. The molecule has 0 bridgehead atoms. The zero-order valence-corrected chi connectivity index (χ0v) is 18.6. The molecule has 0 aliphatic rings. The van der Waals surface area contributed by atoms with Crippen molar-refractivity contribution >= 4 is 16.9 Å². The highest BCUT2D eigenvalue weighted by atomic mass is 32.1. The Morgan fingerprint density at radius 1 is 0.966 bits per heavy atom. The highest BCUT2D eigenvalue weighted by Gasteiger charge is 2.17. The Bertz CT molecular complexity index is 828. The Balaban J connectivity index is 2.05. The lowest BCUT2D eigenvalue weighted by molar-refractivity contribution is 0.0828. The van der Waals surface area contributed by atoms with Crippen LogP contribution >= 0.6 is 11.3 Å². The number of aliphatic hydroxyl groups excluding tert-OH is 2. The van der Waals surface area contributed by atoms with Gasteiger partial charge in [-0.15, -0.1) is 11.3 Å². The van der Waals surface area contributed by atoms with Gasteiger partial charge in [0.1, 0.15) is 0 Å². The van der Waals surface area contributed by atoms with Gasteiger partial charge in [0.15, 0.2) is 0 Å². The monoisotopic (exact) mass is 414 g/mol. The molecule has 0 radical (unpaired) electrons. The predicted octanol–water partition coefficient (Wildman–Crippen LogP) is 5.42. The zero-order valence-electron chi connectivity index (χ0n) is 17.8. The van der Waals surface area contributed by atoms with Crippen LogP contribution in [0.2, 0.25) is 0 Å². The van der Waals surface area contributed by atoms with Crippen LogP contribution in [0.1, 0.15) is 67.2 Å². The lowest BCUT2D eigenvalue weighted by atomic mass is 9.96. The molecule has 0 saturated heterocycles. The summed E-state index contributed by atoms with van der Waals surface area (Å²) in [6.45, 7) is 6.08. The van der Waals surface area contributed by atoms with Gasteiger partial charge in [-0.2, -0.15) is 0 Å². The van der Waals surface area contributed by atoms with Crippen molar-refractivity contribution < 1.29 is 15.3 Å². The molecule has 0 saturated carbocycles. The molecule has 2 rings (SSSR count). The third-order valence-corrected chi connectivity index (χ3v) is 6.65. The van der Waals surface area contributed by atoms with E-state index in [-0.39, 0.29) is 13.2 Å². The van der Waals surface area contributed by atoms with Crippen molar-refractivity contribution in [1.29, 1.82) is 0 Å². The van der Waals surface area contributed by atoms with E-state index < -0.39 is 5.60 Å². The van der Waals surface area contributed by atoms with Gasteiger partial charge in [-0.1, -0.05) is 57.2 Å². The first-order valence-electron chi connectivity index (χ1n) is 10.5. The molecule has 0 amide bonds. The zero-order chi connectivity index (χ0) is 21.3. The highest BCUT2D eigenvalue weighted by Crippen LogP contribution is 2.27. The molecule has 0 fully saturated rings. The molecule has 29 heavy (non-hydrogen) atoms. The van der Waals surface area contributed by atoms with Crippen LogP contribution in [0, 0.1) is 0 Å². The molecular weight excluding hydrogens is 380 g/mol. The standard InChI is InChI=1S/C25H34O3S/c1-4-21(8-7-13-25(28,5-2)6-3)24-15-20(18-29-24)10-9-19-11-12-22(16-26)23(14-19)17-27/h7-8,11-15,18,26-28H,4-6,9-10,16-17H2,1-3H3/b13-7+,21-8+. The summed E-state index contributed by atoms with van der Waals surface area (Å²) in [5.74, 6) is 0. The van der Waals surface area contributed by atoms with E-state index in [1.54, 1.807) is 11.3 Å². The Morgan fingerprint density at radius 3 is 2.28 bits per heavy atom. The number of thiophene rings is 1. The van der Waals surface area contributed by atoms with Crippen molar-refractivity contribution in [2.24, 2.45) is 0 Å². The van der Waals surface area contributed by atoms with Crippen molar-refractivity contribution in [2.45, 2.75) is 71.7 Å². The summed E-state index contributed by atoms with van der Waals surface area (Å²) in [5.41, 5.74) is 4.64. The second-order valence-electron chi connectivity index (χ2n) is 7.45. The molecule has 0 aliphatic carbocycles. The van der Waals surface area contributed by atoms with Crippen LogP contribution in [-0.2, 0) is 26.1 Å². The first-order chi connectivity index (χ1) is 14.0. The summed E-state index contributed by atoms with van der Waals surface area (Å²) >= 11 is 1.76. The minimum absolute atomic E-state index is 0.0431. The van der Waals surface area contributed by atoms with Crippen LogP contribution in [0.25, 0.3) is 5.57 Å². The number of aryl methyl sites for hydroxylation is 2. The summed E-state index contributed by atoms with van der Waals surface area (Å²) in [7, 11) is 0. The topological polar surface area (TPSA) is 60.7 Å². The van der Waals surface area contributed by atoms with Crippen molar-refractivity contribution in [2.75, 3.05) is 0 Å². The van der Waals surface area contributed by atoms with Crippen molar-refractivity contribution in [3.63, 3.8) is 0 Å². The van der Waals surface area contributed by atoms with Crippen LogP contribution in [-0.4, -0.2) is 20.9 Å². The number of rotatable bonds is 11. The Hall–Kier alpha value is -1.72. The molecule has 3 N–H and O–H groups in total. The highest BCUT2D eigenvalue weighted by molar-refractivity contribution is 7.11. The van der Waals surface area contributed by atoms with E-state index in [0.29, 0.717) is 0 Å². The van der Waals surface area contributed by atoms with Gasteiger partial charge in [-0.25, -0.2) is 0 Å². The van der Waals surface area contributed by atoms with Crippen molar-refractivity contribution in [1.82, 2.24) is 0 Å². The number of benzene rings is 1. The molecule has 158 valence electrons. The Morgan fingerprint density at radius 2 is 1.66 bits per heavy atom. The van der Waals surface area contributed by atoms with Crippen LogP contribution in [0.4, 0.5) is 0 Å². The van der Waals surface area contributed by atoms with E-state index in [4.69, 9.17) is 0 Å². The van der Waals surface area contributed by atoms with Gasteiger partial charge >= 0.3 is 0 Å². The van der Waals surface area contributed by atoms with E-state index in [2.05, 4.69) is 24.4 Å². The molecule has 0 aliphatic heterocycles. The summed E-state index contributed by atoms with van der Waals surface area (Å²) in [5, 5.41) is 31.4. The maximum Gasteiger partial charge on any atom is 0.0825 e. The Kier molecular flexibility index (Phi) is 9.31. The van der Waals surface area contributed by atoms with Crippen LogP contribution in [0.5, 0.6) is 0 Å². The molecule has 0 atom stereocenters. The minimum atomic E-state index is -0.713. The number of hydrogen-bond acceptors (Lipinski definition) is 4. The summed E-state index contributed by atoms with van der Waals surface area (Å²) < 4.78 is 0. The third kappa shape index (κ3) is 6.65. The van der Waals surface area contributed by atoms with E-state index in [0.717, 1.165) is 43.2 Å². The van der Waals surface area contributed by atoms with Gasteiger partial charge in [-0.3, -0.25) is 0 Å². The maximum atomic E-state index is 10.4. The van der Waals surface area contributed by atoms with Gasteiger partial charge in [-0.05, 0) is 71.4 Å². The second-order valence-corrected chi connectivity index (χ2v) is 8.36. The normalized spacial score (nSPS) is 12.8. The summed E-state index contributed by atoms with van der Waals surface area (Å²) in [6, 6.07) is 8.18. The molecule has 4 heteroatoms. The average Bonchev–Trinajstić information content (AvgIpc) is 3.23.